The van der Waals surface area contributed by atoms with Crippen molar-refractivity contribution < 1.29 is 22.7 Å². The first-order chi connectivity index (χ1) is 16.4. The minimum absolute atomic E-state index is 0.0665. The molecule has 14 heteroatoms. The van der Waals surface area contributed by atoms with Crippen molar-refractivity contribution in [3.8, 4) is 0 Å². The molecule has 2 aromatic rings. The van der Waals surface area contributed by atoms with E-state index in [1.165, 1.54) is 30.9 Å². The number of ether oxygens (including phenoxy) is 2. The van der Waals surface area contributed by atoms with Gasteiger partial charge in [-0.25, -0.2) is 4.79 Å². The van der Waals surface area contributed by atoms with E-state index >= 15 is 0 Å². The monoisotopic (exact) mass is 530 g/mol. The van der Waals surface area contributed by atoms with Crippen LogP contribution in [0.2, 0.25) is 4.34 Å². The van der Waals surface area contributed by atoms with Crippen LogP contribution < -0.4 is 5.32 Å². The van der Waals surface area contributed by atoms with Crippen LogP contribution in [0.15, 0.2) is 30.9 Å². The van der Waals surface area contributed by atoms with Crippen LogP contribution >= 0.6 is 22.9 Å². The first-order valence-electron chi connectivity index (χ1n) is 10.8. The number of aromatic amines is 1. The lowest BCUT2D eigenvalue weighted by molar-refractivity contribution is 0.0579. The number of nitrogens with zero attached hydrogens (tertiary/aromatic N) is 4. The van der Waals surface area contributed by atoms with Crippen LogP contribution in [0.1, 0.15) is 16.6 Å². The SMILES string of the molecule is C=CCOC(=O)N1CCN(S(=O)(=O)N2CCOCC2)CC1c1cc(NCc2ccc(Cl)s2)n[nH]1. The average Bonchev–Trinajstić information content (AvgIpc) is 3.50. The van der Waals surface area contributed by atoms with E-state index in [2.05, 4.69) is 22.1 Å². The number of piperazine rings is 1. The molecule has 0 spiro atoms. The topological polar surface area (TPSA) is 120 Å². The number of aromatic nitrogens is 2. The molecule has 2 N–H and O–H groups in total. The Kier molecular flexibility index (Phi) is 8.11. The van der Waals surface area contributed by atoms with Gasteiger partial charge in [-0.15, -0.1) is 11.3 Å². The van der Waals surface area contributed by atoms with Crippen LogP contribution in [-0.2, 0) is 26.2 Å². The van der Waals surface area contributed by atoms with Crippen LogP contribution in [0.5, 0.6) is 0 Å². The van der Waals surface area contributed by atoms with Gasteiger partial charge in [0, 0.05) is 43.7 Å². The Labute approximate surface area is 207 Å². The Balaban J connectivity index is 1.51. The van der Waals surface area contributed by atoms with Gasteiger partial charge in [-0.1, -0.05) is 24.3 Å². The molecule has 0 radical (unpaired) electrons. The molecule has 2 aliphatic rings. The molecule has 1 atom stereocenters. The number of carbonyl (C=O) groups is 1. The number of carbonyl (C=O) groups excluding carboxylic acids is 1. The van der Waals surface area contributed by atoms with Crippen LogP contribution in [0.4, 0.5) is 10.6 Å². The number of nitrogens with one attached hydrogen (secondary N) is 2. The van der Waals surface area contributed by atoms with E-state index in [-0.39, 0.29) is 26.2 Å². The maximum absolute atomic E-state index is 13.2. The Morgan fingerprint density at radius 3 is 2.82 bits per heavy atom. The van der Waals surface area contributed by atoms with Crippen molar-refractivity contribution in [3.05, 3.63) is 45.8 Å². The number of anilines is 1. The molecule has 0 bridgehead atoms. The summed E-state index contributed by atoms with van der Waals surface area (Å²) in [7, 11) is -3.70. The number of rotatable bonds is 8. The van der Waals surface area contributed by atoms with Gasteiger partial charge in [0.15, 0.2) is 0 Å². The second-order valence-electron chi connectivity index (χ2n) is 7.72. The summed E-state index contributed by atoms with van der Waals surface area (Å²) < 4.78 is 40.5. The first kappa shape index (κ1) is 24.9. The molecule has 1 amide bonds. The number of hydrogen-bond donors (Lipinski definition) is 2. The number of thiophene rings is 1. The van der Waals surface area contributed by atoms with Crippen molar-refractivity contribution in [3.63, 3.8) is 0 Å². The molecule has 34 heavy (non-hydrogen) atoms. The summed E-state index contributed by atoms with van der Waals surface area (Å²) >= 11 is 7.46. The van der Waals surface area contributed by atoms with Gasteiger partial charge in [0.1, 0.15) is 12.4 Å². The highest BCUT2D eigenvalue weighted by Crippen LogP contribution is 2.29. The molecular formula is C20H27ClN6O5S2. The second kappa shape index (κ2) is 11.1. The summed E-state index contributed by atoms with van der Waals surface area (Å²) in [5, 5.41) is 10.5. The average molecular weight is 531 g/mol. The van der Waals surface area contributed by atoms with Crippen LogP contribution in [-0.4, -0.2) is 90.8 Å². The van der Waals surface area contributed by atoms with Gasteiger partial charge in [0.05, 0.1) is 35.8 Å². The molecule has 0 aromatic carbocycles. The highest BCUT2D eigenvalue weighted by molar-refractivity contribution is 7.86. The molecular weight excluding hydrogens is 504 g/mol. The zero-order chi connectivity index (χ0) is 24.1. The standard InChI is InChI=1S/C20H27ClN6O5S2/c1-2-9-32-20(28)27-6-5-26(34(29,30)25-7-10-31-11-8-25)14-17(27)16-12-19(24-23-16)22-13-15-3-4-18(21)33-15/h2-4,12,17H,1,5-11,13-14H2,(H2,22,23,24). The Morgan fingerprint density at radius 2 is 2.12 bits per heavy atom. The summed E-state index contributed by atoms with van der Waals surface area (Å²) in [6, 6.07) is 4.94. The molecule has 4 rings (SSSR count). The Hall–Kier alpha value is -2.16. The predicted octanol–water partition coefficient (Wildman–Crippen LogP) is 2.30. The zero-order valence-electron chi connectivity index (χ0n) is 18.5. The Bertz CT molecular complexity index is 1100. The summed E-state index contributed by atoms with van der Waals surface area (Å²) in [6.07, 6.45) is 0.951. The quantitative estimate of drug-likeness (QED) is 0.502. The fourth-order valence-corrected chi connectivity index (χ4v) is 6.43. The van der Waals surface area contributed by atoms with E-state index in [4.69, 9.17) is 21.1 Å². The first-order valence-corrected chi connectivity index (χ1v) is 13.4. The van der Waals surface area contributed by atoms with Crippen LogP contribution in [0, 0.1) is 0 Å². The Morgan fingerprint density at radius 1 is 1.32 bits per heavy atom. The molecule has 2 fully saturated rings. The number of halogens is 1. The number of amides is 1. The van der Waals surface area contributed by atoms with Gasteiger partial charge < -0.3 is 14.8 Å². The van der Waals surface area contributed by atoms with Gasteiger partial charge in [0.25, 0.3) is 10.2 Å². The van der Waals surface area contributed by atoms with Crippen molar-refractivity contribution in [1.82, 2.24) is 23.7 Å². The van der Waals surface area contributed by atoms with Gasteiger partial charge >= 0.3 is 6.09 Å². The van der Waals surface area contributed by atoms with Crippen LogP contribution in [0.3, 0.4) is 0 Å². The number of H-pyrrole nitrogens is 1. The fraction of sp³-hybridized carbons (Fsp3) is 0.500. The lowest BCUT2D eigenvalue weighted by atomic mass is 10.1. The van der Waals surface area contributed by atoms with E-state index in [0.717, 1.165) is 4.88 Å². The second-order valence-corrected chi connectivity index (χ2v) is 11.4. The largest absolute Gasteiger partial charge is 0.445 e. The molecule has 4 heterocycles. The van der Waals surface area contributed by atoms with Gasteiger partial charge in [0.2, 0.25) is 0 Å². The van der Waals surface area contributed by atoms with Crippen molar-refractivity contribution in [2.24, 2.45) is 0 Å². The van der Waals surface area contributed by atoms with Crippen molar-refractivity contribution in [2.45, 2.75) is 12.6 Å². The zero-order valence-corrected chi connectivity index (χ0v) is 20.9. The summed E-state index contributed by atoms with van der Waals surface area (Å²) in [5.74, 6) is 0.576. The summed E-state index contributed by atoms with van der Waals surface area (Å²) in [5.41, 5.74) is 0.601. The normalized spacial score (nSPS) is 20.3. The molecule has 1 unspecified atom stereocenters. The van der Waals surface area contributed by atoms with E-state index in [1.54, 1.807) is 6.07 Å². The van der Waals surface area contributed by atoms with Gasteiger partial charge in [-0.2, -0.15) is 22.1 Å². The third-order valence-corrected chi connectivity index (χ3v) is 8.79. The lowest BCUT2D eigenvalue weighted by Crippen LogP contribution is -2.56. The summed E-state index contributed by atoms with van der Waals surface area (Å²) in [6.45, 7) is 5.93. The predicted molar refractivity (Wildman–Crippen MR) is 129 cm³/mol. The van der Waals surface area contributed by atoms with Gasteiger partial charge in [-0.05, 0) is 12.1 Å². The lowest BCUT2D eigenvalue weighted by Gasteiger charge is -2.41. The number of hydrogen-bond acceptors (Lipinski definition) is 8. The molecule has 186 valence electrons. The maximum Gasteiger partial charge on any atom is 0.410 e. The third-order valence-electron chi connectivity index (χ3n) is 5.55. The minimum atomic E-state index is -3.70. The molecule has 11 nitrogen and oxygen atoms in total. The molecule has 0 saturated carbocycles. The van der Waals surface area contributed by atoms with Crippen LogP contribution in [0.25, 0.3) is 0 Å². The molecule has 2 aliphatic heterocycles. The van der Waals surface area contributed by atoms with E-state index in [0.29, 0.717) is 48.7 Å². The highest BCUT2D eigenvalue weighted by atomic mass is 35.5. The van der Waals surface area contributed by atoms with E-state index < -0.39 is 22.3 Å². The smallest absolute Gasteiger partial charge is 0.410 e. The van der Waals surface area contributed by atoms with Crippen molar-refractivity contribution in [2.75, 3.05) is 57.9 Å². The third kappa shape index (κ3) is 5.73. The molecule has 2 aromatic heterocycles. The summed E-state index contributed by atoms with van der Waals surface area (Å²) in [4.78, 5) is 15.3. The van der Waals surface area contributed by atoms with E-state index in [9.17, 15) is 13.2 Å². The molecule has 2 saturated heterocycles. The van der Waals surface area contributed by atoms with Crippen molar-refractivity contribution in [1.29, 1.82) is 0 Å². The molecule has 0 aliphatic carbocycles. The highest BCUT2D eigenvalue weighted by Gasteiger charge is 2.40. The maximum atomic E-state index is 13.2. The minimum Gasteiger partial charge on any atom is -0.445 e. The van der Waals surface area contributed by atoms with Gasteiger partial charge in [-0.3, -0.25) is 10.00 Å². The van der Waals surface area contributed by atoms with Crippen molar-refractivity contribution >= 4 is 45.1 Å². The van der Waals surface area contributed by atoms with E-state index in [1.807, 2.05) is 12.1 Å². The number of morpholine rings is 1. The fourth-order valence-electron chi connectivity index (χ4n) is 3.83.